The Hall–Kier alpha value is -0.0800. The maximum Gasteiger partial charge on any atom is 0.0518 e. The average Bonchev–Trinajstić information content (AvgIpc) is 2.52. The summed E-state index contributed by atoms with van der Waals surface area (Å²) in [4.78, 5) is 2.53. The van der Waals surface area contributed by atoms with Crippen molar-refractivity contribution in [3.8, 4) is 0 Å². The first kappa shape index (κ1) is 11.0. The molecule has 1 aliphatic rings. The van der Waals surface area contributed by atoms with Crippen LogP contribution in [0.3, 0.4) is 0 Å². The van der Waals surface area contributed by atoms with Crippen molar-refractivity contribution in [3.05, 3.63) is 0 Å². The van der Waals surface area contributed by atoms with Crippen molar-refractivity contribution < 1.29 is 4.74 Å². The lowest BCUT2D eigenvalue weighted by molar-refractivity contribution is 0.0690. The van der Waals surface area contributed by atoms with E-state index in [9.17, 15) is 0 Å². The van der Waals surface area contributed by atoms with Crippen molar-refractivity contribution in [1.29, 1.82) is 0 Å². The minimum Gasteiger partial charge on any atom is -0.379 e. The molecule has 0 aromatic rings. The van der Waals surface area contributed by atoms with Crippen LogP contribution in [0.5, 0.6) is 0 Å². The Kier molecular flexibility index (Phi) is 4.74. The van der Waals surface area contributed by atoms with Crippen LogP contribution in [-0.2, 0) is 4.74 Å². The van der Waals surface area contributed by atoms with Gasteiger partial charge in [-0.25, -0.2) is 0 Å². The first-order chi connectivity index (χ1) is 6.22. The summed E-state index contributed by atoms with van der Waals surface area (Å²) in [6, 6.07) is 0. The normalized spacial score (nSPS) is 24.5. The molecule has 1 fully saturated rings. The third-order valence-corrected chi connectivity index (χ3v) is 2.79. The van der Waals surface area contributed by atoms with Gasteiger partial charge in [-0.3, -0.25) is 0 Å². The third kappa shape index (κ3) is 4.10. The lowest BCUT2D eigenvalue weighted by Gasteiger charge is -2.13. The van der Waals surface area contributed by atoms with Crippen molar-refractivity contribution in [2.24, 2.45) is 5.92 Å². The van der Waals surface area contributed by atoms with Gasteiger partial charge in [-0.05, 0) is 45.7 Å². The van der Waals surface area contributed by atoms with Gasteiger partial charge in [-0.1, -0.05) is 6.92 Å². The van der Waals surface area contributed by atoms with E-state index in [1.807, 2.05) is 0 Å². The summed E-state index contributed by atoms with van der Waals surface area (Å²) in [5.41, 5.74) is 0. The highest BCUT2D eigenvalue weighted by molar-refractivity contribution is 4.74. The molecule has 0 saturated carbocycles. The monoisotopic (exact) mass is 185 g/mol. The van der Waals surface area contributed by atoms with Crippen LogP contribution in [0.2, 0.25) is 0 Å². The summed E-state index contributed by atoms with van der Waals surface area (Å²) in [5.74, 6) is 0.888. The zero-order valence-corrected chi connectivity index (χ0v) is 9.25. The van der Waals surface area contributed by atoms with Crippen molar-refractivity contribution in [2.75, 3.05) is 26.2 Å². The number of nitrogens with zero attached hydrogens (tertiary/aromatic N) is 1. The van der Waals surface area contributed by atoms with Gasteiger partial charge < -0.3 is 9.64 Å². The Morgan fingerprint density at radius 3 is 2.77 bits per heavy atom. The van der Waals surface area contributed by atoms with Crippen LogP contribution in [0.15, 0.2) is 0 Å². The Bertz CT molecular complexity index is 136. The number of ether oxygens (including phenoxy) is 1. The fraction of sp³-hybridized carbons (Fsp3) is 1.00. The molecule has 2 nitrogen and oxygen atoms in total. The maximum atomic E-state index is 5.55. The maximum absolute atomic E-state index is 5.55. The minimum atomic E-state index is 0.392. The Labute approximate surface area is 82.3 Å². The molecule has 0 aliphatic carbocycles. The van der Waals surface area contributed by atoms with Crippen LogP contribution in [0, 0.1) is 5.92 Å². The SMILES string of the molecule is CCN1CCC(CCOC(C)C)C1. The second-order valence-corrected chi connectivity index (χ2v) is 4.26. The number of rotatable bonds is 5. The molecule has 13 heavy (non-hydrogen) atoms. The molecular weight excluding hydrogens is 162 g/mol. The van der Waals surface area contributed by atoms with E-state index in [0.29, 0.717) is 6.10 Å². The lowest BCUT2D eigenvalue weighted by Crippen LogP contribution is -2.20. The fourth-order valence-electron chi connectivity index (χ4n) is 1.91. The molecule has 0 aromatic carbocycles. The van der Waals surface area contributed by atoms with E-state index in [2.05, 4.69) is 25.7 Å². The number of hydrogen-bond donors (Lipinski definition) is 0. The molecular formula is C11H23NO. The van der Waals surface area contributed by atoms with E-state index in [4.69, 9.17) is 4.74 Å². The highest BCUT2D eigenvalue weighted by Crippen LogP contribution is 2.18. The Morgan fingerprint density at radius 1 is 1.46 bits per heavy atom. The lowest BCUT2D eigenvalue weighted by atomic mass is 10.1. The van der Waals surface area contributed by atoms with Crippen molar-refractivity contribution in [3.63, 3.8) is 0 Å². The van der Waals surface area contributed by atoms with E-state index in [1.165, 1.54) is 32.5 Å². The van der Waals surface area contributed by atoms with Gasteiger partial charge in [0.1, 0.15) is 0 Å². The quantitative estimate of drug-likeness (QED) is 0.650. The molecule has 1 aliphatic heterocycles. The predicted octanol–water partition coefficient (Wildman–Crippen LogP) is 2.14. The van der Waals surface area contributed by atoms with Crippen LogP contribution >= 0.6 is 0 Å². The largest absolute Gasteiger partial charge is 0.379 e. The fourth-order valence-corrected chi connectivity index (χ4v) is 1.91. The Morgan fingerprint density at radius 2 is 2.23 bits per heavy atom. The van der Waals surface area contributed by atoms with Crippen LogP contribution in [0.25, 0.3) is 0 Å². The second-order valence-electron chi connectivity index (χ2n) is 4.26. The summed E-state index contributed by atoms with van der Waals surface area (Å²) >= 11 is 0. The van der Waals surface area contributed by atoms with E-state index < -0.39 is 0 Å². The zero-order valence-electron chi connectivity index (χ0n) is 9.25. The van der Waals surface area contributed by atoms with E-state index in [1.54, 1.807) is 0 Å². The first-order valence-corrected chi connectivity index (χ1v) is 5.56. The van der Waals surface area contributed by atoms with Crippen LogP contribution < -0.4 is 0 Å². The van der Waals surface area contributed by atoms with Gasteiger partial charge in [0.15, 0.2) is 0 Å². The molecule has 1 atom stereocenters. The van der Waals surface area contributed by atoms with Gasteiger partial charge in [0.25, 0.3) is 0 Å². The second kappa shape index (κ2) is 5.61. The molecule has 0 N–H and O–H groups in total. The zero-order chi connectivity index (χ0) is 9.68. The van der Waals surface area contributed by atoms with Gasteiger partial charge in [0.2, 0.25) is 0 Å². The van der Waals surface area contributed by atoms with Crippen LogP contribution in [0.4, 0.5) is 0 Å². The highest BCUT2D eigenvalue weighted by Gasteiger charge is 2.20. The van der Waals surface area contributed by atoms with E-state index in [0.717, 1.165) is 12.5 Å². The summed E-state index contributed by atoms with van der Waals surface area (Å²) in [6.07, 6.45) is 3.01. The third-order valence-electron chi connectivity index (χ3n) is 2.79. The molecule has 0 bridgehead atoms. The molecule has 0 amide bonds. The molecule has 2 heteroatoms. The number of likely N-dealkylation sites (tertiary alicyclic amines) is 1. The van der Waals surface area contributed by atoms with E-state index >= 15 is 0 Å². The van der Waals surface area contributed by atoms with Gasteiger partial charge in [-0.15, -0.1) is 0 Å². The van der Waals surface area contributed by atoms with Crippen molar-refractivity contribution in [2.45, 2.75) is 39.7 Å². The molecule has 78 valence electrons. The predicted molar refractivity (Wildman–Crippen MR) is 55.9 cm³/mol. The summed E-state index contributed by atoms with van der Waals surface area (Å²) in [6.45, 7) is 11.2. The highest BCUT2D eigenvalue weighted by atomic mass is 16.5. The van der Waals surface area contributed by atoms with Gasteiger partial charge in [-0.2, -0.15) is 0 Å². The Balaban J connectivity index is 2.03. The molecule has 0 radical (unpaired) electrons. The van der Waals surface area contributed by atoms with Crippen molar-refractivity contribution in [1.82, 2.24) is 4.90 Å². The molecule has 1 rings (SSSR count). The summed E-state index contributed by atoms with van der Waals surface area (Å²) in [5, 5.41) is 0. The van der Waals surface area contributed by atoms with Crippen LogP contribution in [-0.4, -0.2) is 37.2 Å². The average molecular weight is 185 g/mol. The minimum absolute atomic E-state index is 0.392. The van der Waals surface area contributed by atoms with Crippen LogP contribution in [0.1, 0.15) is 33.6 Å². The molecule has 1 heterocycles. The van der Waals surface area contributed by atoms with Gasteiger partial charge in [0, 0.05) is 13.2 Å². The first-order valence-electron chi connectivity index (χ1n) is 5.56. The smallest absolute Gasteiger partial charge is 0.0518 e. The summed E-state index contributed by atoms with van der Waals surface area (Å²) in [7, 11) is 0. The topological polar surface area (TPSA) is 12.5 Å². The van der Waals surface area contributed by atoms with E-state index in [-0.39, 0.29) is 0 Å². The summed E-state index contributed by atoms with van der Waals surface area (Å²) < 4.78 is 5.55. The molecule has 0 spiro atoms. The van der Waals surface area contributed by atoms with Gasteiger partial charge >= 0.3 is 0 Å². The van der Waals surface area contributed by atoms with Crippen molar-refractivity contribution >= 4 is 0 Å². The number of hydrogen-bond acceptors (Lipinski definition) is 2. The molecule has 0 aromatic heterocycles. The standard InChI is InChI=1S/C11H23NO/c1-4-12-7-5-11(9-12)6-8-13-10(2)3/h10-11H,4-9H2,1-3H3. The molecule has 1 saturated heterocycles. The van der Waals surface area contributed by atoms with Gasteiger partial charge in [0.05, 0.1) is 6.10 Å². The molecule has 1 unspecified atom stereocenters.